The zero-order chi connectivity index (χ0) is 19.4. The summed E-state index contributed by atoms with van der Waals surface area (Å²) < 4.78 is 33.8. The van der Waals surface area contributed by atoms with E-state index in [0.29, 0.717) is 37.4 Å². The Morgan fingerprint density at radius 2 is 2.07 bits per heavy atom. The van der Waals surface area contributed by atoms with E-state index in [9.17, 15) is 13.2 Å². The molecule has 1 atom stereocenters. The third kappa shape index (κ3) is 4.30. The van der Waals surface area contributed by atoms with Crippen molar-refractivity contribution in [2.75, 3.05) is 25.5 Å². The number of carbonyl (C=O) groups excluding carboxylic acids is 1. The van der Waals surface area contributed by atoms with Gasteiger partial charge < -0.3 is 14.6 Å². The molecule has 27 heavy (non-hydrogen) atoms. The number of aromatic nitrogens is 2. The Hall–Kier alpha value is -2.39. The molecule has 8 nitrogen and oxygen atoms in total. The van der Waals surface area contributed by atoms with Crippen molar-refractivity contribution < 1.29 is 17.9 Å². The third-order valence-corrected chi connectivity index (χ3v) is 6.44. The Bertz CT molecular complexity index is 892. The molecule has 1 aliphatic rings. The molecule has 1 saturated heterocycles. The molecule has 2 aromatic rings. The monoisotopic (exact) mass is 392 g/mol. The van der Waals surface area contributed by atoms with Crippen LogP contribution in [-0.4, -0.2) is 48.4 Å². The van der Waals surface area contributed by atoms with Crippen molar-refractivity contribution in [2.45, 2.75) is 31.3 Å². The van der Waals surface area contributed by atoms with Crippen molar-refractivity contribution in [3.63, 3.8) is 0 Å². The number of rotatable bonds is 6. The van der Waals surface area contributed by atoms with Crippen LogP contribution in [0, 0.1) is 5.92 Å². The van der Waals surface area contributed by atoms with Gasteiger partial charge in [0.05, 0.1) is 19.4 Å². The molecule has 1 fully saturated rings. The minimum atomic E-state index is -3.69. The smallest absolute Gasteiger partial charge is 0.262 e. The van der Waals surface area contributed by atoms with Gasteiger partial charge in [-0.25, -0.2) is 13.4 Å². The summed E-state index contributed by atoms with van der Waals surface area (Å²) in [5, 5.41) is 2.88. The van der Waals surface area contributed by atoms with Gasteiger partial charge in [-0.2, -0.15) is 4.31 Å². The van der Waals surface area contributed by atoms with Gasteiger partial charge in [-0.3, -0.25) is 4.79 Å². The minimum absolute atomic E-state index is 0.0283. The van der Waals surface area contributed by atoms with E-state index in [1.807, 2.05) is 6.92 Å². The lowest BCUT2D eigenvalue weighted by Crippen LogP contribution is -2.43. The number of benzene rings is 1. The largest absolute Gasteiger partial charge is 0.497 e. The van der Waals surface area contributed by atoms with E-state index >= 15 is 0 Å². The van der Waals surface area contributed by atoms with E-state index in [0.717, 1.165) is 0 Å². The molecule has 0 saturated carbocycles. The van der Waals surface area contributed by atoms with Crippen LogP contribution in [-0.2, 0) is 21.4 Å². The fourth-order valence-electron chi connectivity index (χ4n) is 3.07. The zero-order valence-electron chi connectivity index (χ0n) is 15.5. The highest BCUT2D eigenvalue weighted by molar-refractivity contribution is 7.89. The molecular weight excluding hydrogens is 368 g/mol. The van der Waals surface area contributed by atoms with Crippen molar-refractivity contribution in [3.05, 3.63) is 36.8 Å². The zero-order valence-corrected chi connectivity index (χ0v) is 16.3. The molecule has 1 aromatic carbocycles. The molecule has 9 heteroatoms. The predicted octanol–water partition coefficient (Wildman–Crippen LogP) is 1.95. The molecule has 0 aliphatic carbocycles. The van der Waals surface area contributed by atoms with Gasteiger partial charge >= 0.3 is 0 Å². The second-order valence-corrected chi connectivity index (χ2v) is 8.35. The highest BCUT2D eigenvalue weighted by atomic mass is 32.2. The van der Waals surface area contributed by atoms with E-state index in [-0.39, 0.29) is 17.5 Å². The summed E-state index contributed by atoms with van der Waals surface area (Å²) in [4.78, 5) is 16.6. The Morgan fingerprint density at radius 1 is 1.33 bits per heavy atom. The average Bonchev–Trinajstić information content (AvgIpc) is 3.19. The van der Waals surface area contributed by atoms with Gasteiger partial charge in [-0.1, -0.05) is 0 Å². The van der Waals surface area contributed by atoms with Gasteiger partial charge in [-0.05, 0) is 44.0 Å². The van der Waals surface area contributed by atoms with E-state index in [1.165, 1.54) is 16.8 Å². The Balaban J connectivity index is 1.68. The number of aryl methyl sites for hydroxylation is 1. The molecule has 1 N–H and O–H groups in total. The molecule has 0 spiro atoms. The maximum atomic E-state index is 12.8. The van der Waals surface area contributed by atoms with Crippen LogP contribution in [0.5, 0.6) is 5.75 Å². The van der Waals surface area contributed by atoms with Crippen LogP contribution in [0.15, 0.2) is 41.8 Å². The minimum Gasteiger partial charge on any atom is -0.497 e. The van der Waals surface area contributed by atoms with Crippen LogP contribution >= 0.6 is 0 Å². The van der Waals surface area contributed by atoms with Gasteiger partial charge in [0.2, 0.25) is 5.91 Å². The molecule has 2 heterocycles. The summed E-state index contributed by atoms with van der Waals surface area (Å²) in [6.45, 7) is 3.12. The van der Waals surface area contributed by atoms with Crippen molar-refractivity contribution in [2.24, 2.45) is 5.92 Å². The normalized spacial score (nSPS) is 18.2. The standard InChI is InChI=1S/C18H24N4O4S/c1-3-21-12-17(19-13-21)27(24,25)22-10-4-5-14(11-22)18(23)20-15-6-8-16(26-2)9-7-15/h6-9,12-14H,3-5,10-11H2,1-2H3,(H,20,23)/t14-/m0/s1. The molecule has 1 amide bonds. The van der Waals surface area contributed by atoms with Crippen LogP contribution in [0.3, 0.4) is 0 Å². The SMILES string of the molecule is CCn1cnc(S(=O)(=O)N2CCC[C@H](C(=O)Nc3ccc(OC)cc3)C2)c1. The molecule has 1 aliphatic heterocycles. The van der Waals surface area contributed by atoms with Gasteiger partial charge in [0.15, 0.2) is 5.03 Å². The van der Waals surface area contributed by atoms with Crippen molar-refractivity contribution in [1.29, 1.82) is 0 Å². The number of imidazole rings is 1. The van der Waals surface area contributed by atoms with Crippen molar-refractivity contribution >= 4 is 21.6 Å². The molecule has 0 radical (unpaired) electrons. The van der Waals surface area contributed by atoms with Crippen LogP contribution in [0.1, 0.15) is 19.8 Å². The lowest BCUT2D eigenvalue weighted by atomic mass is 9.99. The maximum Gasteiger partial charge on any atom is 0.262 e. The maximum absolute atomic E-state index is 12.8. The first-order valence-electron chi connectivity index (χ1n) is 8.91. The summed E-state index contributed by atoms with van der Waals surface area (Å²) in [6, 6.07) is 7.03. The lowest BCUT2D eigenvalue weighted by Gasteiger charge is -2.30. The topological polar surface area (TPSA) is 93.5 Å². The second kappa shape index (κ2) is 8.10. The lowest BCUT2D eigenvalue weighted by molar-refractivity contribution is -0.120. The number of nitrogens with one attached hydrogen (secondary N) is 1. The summed E-state index contributed by atoms with van der Waals surface area (Å²) in [5.41, 5.74) is 0.655. The summed E-state index contributed by atoms with van der Waals surface area (Å²) in [5.74, 6) is 0.123. The molecule has 0 bridgehead atoms. The van der Waals surface area contributed by atoms with E-state index < -0.39 is 15.9 Å². The molecule has 3 rings (SSSR count). The predicted molar refractivity (Wildman–Crippen MR) is 101 cm³/mol. The number of carbonyl (C=O) groups is 1. The van der Waals surface area contributed by atoms with Crippen LogP contribution in [0.25, 0.3) is 0 Å². The van der Waals surface area contributed by atoms with Crippen molar-refractivity contribution in [3.8, 4) is 5.75 Å². The van der Waals surface area contributed by atoms with Crippen LogP contribution in [0.2, 0.25) is 0 Å². The summed E-state index contributed by atoms with van der Waals surface area (Å²) >= 11 is 0. The van der Waals surface area contributed by atoms with Gasteiger partial charge in [0.1, 0.15) is 5.75 Å². The van der Waals surface area contributed by atoms with E-state index in [1.54, 1.807) is 35.9 Å². The molecule has 0 unspecified atom stereocenters. The average molecular weight is 392 g/mol. The fraction of sp³-hybridized carbons (Fsp3) is 0.444. The number of amides is 1. The second-order valence-electron chi connectivity index (χ2n) is 6.46. The number of sulfonamides is 1. The van der Waals surface area contributed by atoms with E-state index in [2.05, 4.69) is 10.3 Å². The first kappa shape index (κ1) is 19.4. The van der Waals surface area contributed by atoms with Crippen LogP contribution < -0.4 is 10.1 Å². The highest BCUT2D eigenvalue weighted by Gasteiger charge is 2.34. The number of hydrogen-bond donors (Lipinski definition) is 1. The van der Waals surface area contributed by atoms with Crippen LogP contribution in [0.4, 0.5) is 5.69 Å². The summed E-state index contributed by atoms with van der Waals surface area (Å²) in [6.07, 6.45) is 4.31. The Kier molecular flexibility index (Phi) is 5.81. The van der Waals surface area contributed by atoms with Gasteiger partial charge in [-0.15, -0.1) is 0 Å². The van der Waals surface area contributed by atoms with E-state index in [4.69, 9.17) is 4.74 Å². The van der Waals surface area contributed by atoms with Crippen molar-refractivity contribution in [1.82, 2.24) is 13.9 Å². The summed E-state index contributed by atoms with van der Waals surface area (Å²) in [7, 11) is -2.12. The van der Waals surface area contributed by atoms with Gasteiger partial charge in [0, 0.05) is 31.5 Å². The molecule has 146 valence electrons. The number of methoxy groups -OCH3 is 1. The Morgan fingerprint density at radius 3 is 2.70 bits per heavy atom. The van der Waals surface area contributed by atoms with Gasteiger partial charge in [0.25, 0.3) is 10.0 Å². The third-order valence-electron chi connectivity index (χ3n) is 4.69. The quantitative estimate of drug-likeness (QED) is 0.811. The number of nitrogens with zero attached hydrogens (tertiary/aromatic N) is 3. The molecule has 1 aromatic heterocycles. The number of hydrogen-bond acceptors (Lipinski definition) is 5. The first-order valence-corrected chi connectivity index (χ1v) is 10.3. The first-order chi connectivity index (χ1) is 12.9. The highest BCUT2D eigenvalue weighted by Crippen LogP contribution is 2.24. The molecular formula is C18H24N4O4S. The number of anilines is 1. The number of ether oxygens (including phenoxy) is 1. The number of piperidine rings is 1. The Labute approximate surface area is 159 Å². The fourth-order valence-corrected chi connectivity index (χ4v) is 4.53.